The van der Waals surface area contributed by atoms with Crippen LogP contribution in [0.15, 0.2) is 18.2 Å². The number of hydrogen-bond donors (Lipinski definition) is 0. The lowest BCUT2D eigenvalue weighted by atomic mass is 10.0. The predicted molar refractivity (Wildman–Crippen MR) is 102 cm³/mol. The summed E-state index contributed by atoms with van der Waals surface area (Å²) < 4.78 is 20.4. The molecule has 9 nitrogen and oxygen atoms in total. The SMILES string of the molecule is CC(C(=O)c1ccc2c(c1)OCO2)N(C)C(=O)OCOC(=O)CCN1CCCC1. The maximum Gasteiger partial charge on any atom is 0.413 e. The molecule has 1 atom stereocenters. The highest BCUT2D eigenvalue weighted by Gasteiger charge is 2.26. The van der Waals surface area contributed by atoms with Crippen LogP contribution >= 0.6 is 0 Å². The van der Waals surface area contributed by atoms with Gasteiger partial charge < -0.3 is 28.7 Å². The summed E-state index contributed by atoms with van der Waals surface area (Å²) in [4.78, 5) is 39.9. The van der Waals surface area contributed by atoms with Crippen LogP contribution in [0.3, 0.4) is 0 Å². The van der Waals surface area contributed by atoms with E-state index in [9.17, 15) is 14.4 Å². The highest BCUT2D eigenvalue weighted by atomic mass is 16.7. The molecule has 1 unspecified atom stereocenters. The topological polar surface area (TPSA) is 94.6 Å². The quantitative estimate of drug-likeness (QED) is 0.368. The summed E-state index contributed by atoms with van der Waals surface area (Å²) in [6, 6.07) is 4.09. The monoisotopic (exact) mass is 406 g/mol. The normalized spacial score (nSPS) is 16.3. The first-order valence-electron chi connectivity index (χ1n) is 9.67. The second-order valence-corrected chi connectivity index (χ2v) is 7.06. The van der Waals surface area contributed by atoms with Crippen LogP contribution in [0.5, 0.6) is 11.5 Å². The summed E-state index contributed by atoms with van der Waals surface area (Å²) >= 11 is 0. The summed E-state index contributed by atoms with van der Waals surface area (Å²) in [7, 11) is 1.45. The molecule has 0 spiro atoms. The minimum Gasteiger partial charge on any atom is -0.454 e. The molecule has 0 N–H and O–H groups in total. The van der Waals surface area contributed by atoms with Crippen LogP contribution < -0.4 is 9.47 Å². The number of benzene rings is 1. The Labute approximate surface area is 169 Å². The maximum absolute atomic E-state index is 12.6. The van der Waals surface area contributed by atoms with E-state index < -0.39 is 24.9 Å². The van der Waals surface area contributed by atoms with Crippen molar-refractivity contribution in [3.8, 4) is 11.5 Å². The fraction of sp³-hybridized carbons (Fsp3) is 0.550. The number of ketones is 1. The van der Waals surface area contributed by atoms with Gasteiger partial charge in [0.1, 0.15) is 0 Å². The third-order valence-corrected chi connectivity index (χ3v) is 5.14. The van der Waals surface area contributed by atoms with Crippen LogP contribution in [-0.4, -0.2) is 74.0 Å². The Morgan fingerprint density at radius 1 is 1.14 bits per heavy atom. The molecule has 158 valence electrons. The van der Waals surface area contributed by atoms with Gasteiger partial charge in [-0.1, -0.05) is 0 Å². The fourth-order valence-corrected chi connectivity index (χ4v) is 3.20. The molecule has 1 aromatic rings. The van der Waals surface area contributed by atoms with Crippen molar-refractivity contribution in [2.75, 3.05) is 40.3 Å². The molecule has 0 aromatic heterocycles. The molecular formula is C20H26N2O7. The Kier molecular flexibility index (Phi) is 6.92. The largest absolute Gasteiger partial charge is 0.454 e. The van der Waals surface area contributed by atoms with Crippen molar-refractivity contribution in [1.82, 2.24) is 9.80 Å². The number of rotatable bonds is 8. The van der Waals surface area contributed by atoms with E-state index in [4.69, 9.17) is 18.9 Å². The average molecular weight is 406 g/mol. The molecule has 2 heterocycles. The smallest absolute Gasteiger partial charge is 0.413 e. The molecule has 0 saturated carbocycles. The Morgan fingerprint density at radius 2 is 1.86 bits per heavy atom. The van der Waals surface area contributed by atoms with Crippen molar-refractivity contribution >= 4 is 17.8 Å². The zero-order valence-electron chi connectivity index (χ0n) is 16.7. The van der Waals surface area contributed by atoms with Crippen LogP contribution in [0.2, 0.25) is 0 Å². The van der Waals surface area contributed by atoms with Gasteiger partial charge in [0.2, 0.25) is 13.6 Å². The van der Waals surface area contributed by atoms with Crippen LogP contribution in [0.4, 0.5) is 4.79 Å². The summed E-state index contributed by atoms with van der Waals surface area (Å²) in [6.45, 7) is 3.88. The highest BCUT2D eigenvalue weighted by molar-refractivity contribution is 6.01. The summed E-state index contributed by atoms with van der Waals surface area (Å²) in [5, 5.41) is 0. The molecule has 9 heteroatoms. The number of hydrogen-bond acceptors (Lipinski definition) is 8. The molecule has 1 saturated heterocycles. The number of esters is 1. The second kappa shape index (κ2) is 9.60. The number of ether oxygens (including phenoxy) is 4. The van der Waals surface area contributed by atoms with Crippen molar-refractivity contribution in [2.45, 2.75) is 32.2 Å². The lowest BCUT2D eigenvalue weighted by Crippen LogP contribution is -2.41. The highest BCUT2D eigenvalue weighted by Crippen LogP contribution is 2.33. The number of Topliss-reactive ketones (excluding diaryl/α,β-unsaturated/α-hetero) is 1. The van der Waals surface area contributed by atoms with Gasteiger partial charge in [-0.3, -0.25) is 9.59 Å². The average Bonchev–Trinajstić information content (AvgIpc) is 3.41. The molecule has 1 aromatic carbocycles. The first-order chi connectivity index (χ1) is 14.0. The Hall–Kier alpha value is -2.81. The van der Waals surface area contributed by atoms with Crippen LogP contribution in [0.1, 0.15) is 36.5 Å². The number of likely N-dealkylation sites (tertiary alicyclic amines) is 1. The van der Waals surface area contributed by atoms with Crippen LogP contribution in [-0.2, 0) is 14.3 Å². The van der Waals surface area contributed by atoms with Gasteiger partial charge in [0, 0.05) is 19.2 Å². The summed E-state index contributed by atoms with van der Waals surface area (Å²) in [6.07, 6.45) is 1.82. The van der Waals surface area contributed by atoms with Gasteiger partial charge in [-0.2, -0.15) is 0 Å². The van der Waals surface area contributed by atoms with Gasteiger partial charge in [-0.05, 0) is 51.1 Å². The minimum absolute atomic E-state index is 0.117. The van der Waals surface area contributed by atoms with E-state index in [0.717, 1.165) is 30.8 Å². The molecular weight excluding hydrogens is 380 g/mol. The number of fused-ring (bicyclic) bond motifs is 1. The van der Waals surface area contributed by atoms with E-state index in [-0.39, 0.29) is 19.0 Å². The van der Waals surface area contributed by atoms with Gasteiger partial charge >= 0.3 is 12.1 Å². The third-order valence-electron chi connectivity index (χ3n) is 5.14. The molecule has 1 amide bonds. The van der Waals surface area contributed by atoms with Crippen molar-refractivity contribution in [3.05, 3.63) is 23.8 Å². The van der Waals surface area contributed by atoms with E-state index in [1.807, 2.05) is 0 Å². The summed E-state index contributed by atoms with van der Waals surface area (Å²) in [5.41, 5.74) is 0.398. The molecule has 2 aliphatic rings. The third kappa shape index (κ3) is 5.38. The van der Waals surface area contributed by atoms with Crippen molar-refractivity contribution in [3.63, 3.8) is 0 Å². The first kappa shape index (κ1) is 20.9. The van der Waals surface area contributed by atoms with E-state index in [0.29, 0.717) is 23.6 Å². The molecule has 1 fully saturated rings. The van der Waals surface area contributed by atoms with Gasteiger partial charge in [0.05, 0.1) is 12.5 Å². The zero-order valence-corrected chi connectivity index (χ0v) is 16.7. The second-order valence-electron chi connectivity index (χ2n) is 7.06. The van der Waals surface area contributed by atoms with Gasteiger partial charge in [-0.25, -0.2) is 4.79 Å². The molecule has 29 heavy (non-hydrogen) atoms. The zero-order chi connectivity index (χ0) is 20.8. The lowest BCUT2D eigenvalue weighted by Gasteiger charge is -2.23. The van der Waals surface area contributed by atoms with Crippen molar-refractivity contribution in [1.29, 1.82) is 0 Å². The van der Waals surface area contributed by atoms with Gasteiger partial charge in [0.25, 0.3) is 0 Å². The van der Waals surface area contributed by atoms with E-state index >= 15 is 0 Å². The standard InChI is InChI=1S/C20H26N2O7/c1-14(19(24)15-5-6-16-17(11-15)27-12-26-16)21(2)20(25)29-13-28-18(23)7-10-22-8-3-4-9-22/h5-6,11,14H,3-4,7-10,12-13H2,1-2H3. The minimum atomic E-state index is -0.770. The molecule has 3 rings (SSSR count). The van der Waals surface area contributed by atoms with E-state index in [1.54, 1.807) is 25.1 Å². The van der Waals surface area contributed by atoms with Crippen LogP contribution in [0, 0.1) is 0 Å². The summed E-state index contributed by atoms with van der Waals surface area (Å²) in [5.74, 6) is 0.379. The van der Waals surface area contributed by atoms with Crippen molar-refractivity contribution in [2.24, 2.45) is 0 Å². The Balaban J connectivity index is 1.41. The molecule has 0 bridgehead atoms. The van der Waals surface area contributed by atoms with Crippen LogP contribution in [0.25, 0.3) is 0 Å². The number of carbonyl (C=O) groups excluding carboxylic acids is 3. The number of carbonyl (C=O) groups is 3. The van der Waals surface area contributed by atoms with Gasteiger partial charge in [0.15, 0.2) is 17.3 Å². The van der Waals surface area contributed by atoms with Gasteiger partial charge in [-0.15, -0.1) is 0 Å². The fourth-order valence-electron chi connectivity index (χ4n) is 3.20. The lowest BCUT2D eigenvalue weighted by molar-refractivity contribution is -0.152. The first-order valence-corrected chi connectivity index (χ1v) is 9.67. The van der Waals surface area contributed by atoms with Crippen molar-refractivity contribution < 1.29 is 33.3 Å². The predicted octanol–water partition coefficient (Wildman–Crippen LogP) is 2.04. The number of nitrogens with zero attached hydrogens (tertiary/aromatic N) is 2. The number of likely N-dealkylation sites (N-methyl/N-ethyl adjacent to an activating group) is 1. The maximum atomic E-state index is 12.6. The molecule has 0 aliphatic carbocycles. The molecule has 2 aliphatic heterocycles. The van der Waals surface area contributed by atoms with E-state index in [1.165, 1.54) is 7.05 Å². The Morgan fingerprint density at radius 3 is 2.62 bits per heavy atom. The van der Waals surface area contributed by atoms with E-state index in [2.05, 4.69) is 4.90 Å². The molecule has 0 radical (unpaired) electrons. The Bertz CT molecular complexity index is 761. The number of amides is 1.